The number of hydrogen-bond acceptors (Lipinski definition) is 2. The minimum Gasteiger partial charge on any atom is -1.00 e. The second-order valence-electron chi connectivity index (χ2n) is 2.01. The van der Waals surface area contributed by atoms with Crippen LogP contribution in [0.1, 0.15) is 5.56 Å². The van der Waals surface area contributed by atoms with Crippen molar-refractivity contribution in [3.05, 3.63) is 29.8 Å². The Balaban J connectivity index is 0.000000810. The Bertz CT molecular complexity index is 201. The predicted octanol–water partition coefficient (Wildman–Crippen LogP) is -1.72. The molecule has 1 aromatic rings. The average molecular weight is 158 g/mol. The molecule has 3 N–H and O–H groups in total. The van der Waals surface area contributed by atoms with Crippen LogP contribution < -0.4 is 23.7 Å². The predicted molar refractivity (Wildman–Crippen MR) is 39.0 cm³/mol. The van der Waals surface area contributed by atoms with E-state index >= 15 is 0 Å². The molecule has 0 amide bonds. The summed E-state index contributed by atoms with van der Waals surface area (Å²) in [7, 11) is 0. The van der Waals surface area contributed by atoms with Gasteiger partial charge in [0.05, 0.1) is 0 Å². The van der Waals surface area contributed by atoms with Gasteiger partial charge < -0.3 is 17.8 Å². The molecule has 0 spiro atoms. The number of anilines is 1. The summed E-state index contributed by atoms with van der Waals surface area (Å²) in [5, 5.41) is 0. The van der Waals surface area contributed by atoms with Gasteiger partial charge >= 0.3 is 0 Å². The third-order valence-corrected chi connectivity index (χ3v) is 1.18. The van der Waals surface area contributed by atoms with Crippen molar-refractivity contribution in [2.45, 2.75) is 6.92 Å². The molecular formula is C7H10ClN2-. The zero-order valence-electron chi connectivity index (χ0n) is 5.76. The van der Waals surface area contributed by atoms with E-state index in [0.717, 1.165) is 5.69 Å². The van der Waals surface area contributed by atoms with Crippen molar-refractivity contribution in [3.8, 4) is 0 Å². The molecule has 0 saturated carbocycles. The number of rotatable bonds is 1. The Hall–Kier alpha value is -0.730. The number of nitrogens with two attached hydrogens (primary N) is 1. The Labute approximate surface area is 66.8 Å². The van der Waals surface area contributed by atoms with Crippen LogP contribution in [-0.4, -0.2) is 0 Å². The van der Waals surface area contributed by atoms with Crippen LogP contribution >= 0.6 is 0 Å². The van der Waals surface area contributed by atoms with E-state index in [1.165, 1.54) is 5.56 Å². The zero-order valence-corrected chi connectivity index (χ0v) is 6.52. The van der Waals surface area contributed by atoms with Gasteiger partial charge in [-0.05, 0) is 24.6 Å². The molecule has 0 atom stereocenters. The van der Waals surface area contributed by atoms with Gasteiger partial charge in [0.15, 0.2) is 0 Å². The van der Waals surface area contributed by atoms with Gasteiger partial charge in [-0.1, -0.05) is 12.1 Å². The quantitative estimate of drug-likeness (QED) is 0.376. The number of benzene rings is 1. The topological polar surface area (TPSA) is 38.0 Å². The van der Waals surface area contributed by atoms with Crippen LogP contribution in [0.2, 0.25) is 0 Å². The van der Waals surface area contributed by atoms with Crippen molar-refractivity contribution in [1.82, 2.24) is 0 Å². The third-order valence-electron chi connectivity index (χ3n) is 1.18. The van der Waals surface area contributed by atoms with Crippen LogP contribution in [-0.2, 0) is 0 Å². The van der Waals surface area contributed by atoms with Crippen molar-refractivity contribution in [2.75, 3.05) is 5.43 Å². The van der Waals surface area contributed by atoms with Gasteiger partial charge in [0.2, 0.25) is 0 Å². The van der Waals surface area contributed by atoms with Crippen LogP contribution in [0, 0.1) is 6.92 Å². The lowest BCUT2D eigenvalue weighted by atomic mass is 10.2. The number of nitrogens with one attached hydrogen (secondary N) is 1. The number of hydrogen-bond donors (Lipinski definition) is 2. The molecule has 0 radical (unpaired) electrons. The van der Waals surface area contributed by atoms with Crippen molar-refractivity contribution < 1.29 is 12.4 Å². The summed E-state index contributed by atoms with van der Waals surface area (Å²) >= 11 is 0. The molecule has 10 heavy (non-hydrogen) atoms. The molecule has 0 unspecified atom stereocenters. The Morgan fingerprint density at radius 3 is 2.50 bits per heavy atom. The largest absolute Gasteiger partial charge is 1.00 e. The summed E-state index contributed by atoms with van der Waals surface area (Å²) in [4.78, 5) is 0. The molecule has 1 rings (SSSR count). The van der Waals surface area contributed by atoms with Crippen LogP contribution in [0.3, 0.4) is 0 Å². The lowest BCUT2D eigenvalue weighted by molar-refractivity contribution is -0.00000199. The molecule has 0 aliphatic carbocycles. The summed E-state index contributed by atoms with van der Waals surface area (Å²) in [5.41, 5.74) is 4.73. The summed E-state index contributed by atoms with van der Waals surface area (Å²) in [6.07, 6.45) is 0. The van der Waals surface area contributed by atoms with Gasteiger partial charge in [0, 0.05) is 5.69 Å². The summed E-state index contributed by atoms with van der Waals surface area (Å²) in [5.74, 6) is 5.17. The SMILES string of the molecule is Cc1cccc(NN)c1.[Cl-]. The Morgan fingerprint density at radius 1 is 1.40 bits per heavy atom. The molecule has 0 fully saturated rings. The van der Waals surface area contributed by atoms with E-state index in [1.807, 2.05) is 31.2 Å². The van der Waals surface area contributed by atoms with Crippen LogP contribution in [0.15, 0.2) is 24.3 Å². The summed E-state index contributed by atoms with van der Waals surface area (Å²) in [6.45, 7) is 2.03. The van der Waals surface area contributed by atoms with Crippen molar-refractivity contribution in [3.63, 3.8) is 0 Å². The van der Waals surface area contributed by atoms with Crippen molar-refractivity contribution in [1.29, 1.82) is 0 Å². The summed E-state index contributed by atoms with van der Waals surface area (Å²) in [6, 6.07) is 7.90. The van der Waals surface area contributed by atoms with E-state index in [2.05, 4.69) is 5.43 Å². The monoisotopic (exact) mass is 157 g/mol. The van der Waals surface area contributed by atoms with Crippen molar-refractivity contribution >= 4 is 5.69 Å². The smallest absolute Gasteiger partial charge is 0.0487 e. The molecule has 1 aromatic carbocycles. The molecule has 56 valence electrons. The maximum atomic E-state index is 5.17. The zero-order chi connectivity index (χ0) is 6.69. The standard InChI is InChI=1S/C7H10N2.ClH/c1-6-3-2-4-7(5-6)9-8;/h2-5,9H,8H2,1H3;1H/p-1. The Morgan fingerprint density at radius 2 is 2.10 bits per heavy atom. The normalized spacial score (nSPS) is 8.20. The first-order valence-electron chi connectivity index (χ1n) is 2.86. The van der Waals surface area contributed by atoms with E-state index in [1.54, 1.807) is 0 Å². The third kappa shape index (κ3) is 2.25. The highest BCUT2D eigenvalue weighted by Gasteiger charge is 1.85. The van der Waals surface area contributed by atoms with E-state index < -0.39 is 0 Å². The van der Waals surface area contributed by atoms with Crippen LogP contribution in [0.25, 0.3) is 0 Å². The van der Waals surface area contributed by atoms with Gasteiger partial charge in [-0.15, -0.1) is 0 Å². The maximum absolute atomic E-state index is 5.17. The fraction of sp³-hybridized carbons (Fsp3) is 0.143. The maximum Gasteiger partial charge on any atom is 0.0487 e. The van der Waals surface area contributed by atoms with Gasteiger partial charge in [-0.3, -0.25) is 5.84 Å². The summed E-state index contributed by atoms with van der Waals surface area (Å²) < 4.78 is 0. The minimum atomic E-state index is 0. The number of aryl methyl sites for hydroxylation is 1. The lowest BCUT2D eigenvalue weighted by Crippen LogP contribution is -3.00. The van der Waals surface area contributed by atoms with Gasteiger partial charge in [-0.2, -0.15) is 0 Å². The minimum absolute atomic E-state index is 0. The van der Waals surface area contributed by atoms with Gasteiger partial charge in [0.1, 0.15) is 0 Å². The Kier molecular flexibility index (Phi) is 3.84. The second-order valence-corrected chi connectivity index (χ2v) is 2.01. The van der Waals surface area contributed by atoms with E-state index in [-0.39, 0.29) is 12.4 Å². The number of nitrogen functional groups attached to an aromatic ring is 1. The lowest BCUT2D eigenvalue weighted by Gasteiger charge is -1.98. The fourth-order valence-corrected chi connectivity index (χ4v) is 0.735. The number of halogens is 1. The molecule has 0 saturated heterocycles. The van der Waals surface area contributed by atoms with Crippen LogP contribution in [0.4, 0.5) is 5.69 Å². The molecule has 0 aromatic heterocycles. The molecule has 3 heteroatoms. The molecule has 0 aliphatic heterocycles. The first kappa shape index (κ1) is 9.27. The molecule has 0 heterocycles. The van der Waals surface area contributed by atoms with Crippen LogP contribution in [0.5, 0.6) is 0 Å². The van der Waals surface area contributed by atoms with Crippen molar-refractivity contribution in [2.24, 2.45) is 5.84 Å². The van der Waals surface area contributed by atoms with Gasteiger partial charge in [-0.25, -0.2) is 0 Å². The van der Waals surface area contributed by atoms with E-state index in [9.17, 15) is 0 Å². The first-order valence-corrected chi connectivity index (χ1v) is 2.86. The highest BCUT2D eigenvalue weighted by molar-refractivity contribution is 5.43. The fourth-order valence-electron chi connectivity index (χ4n) is 0.735. The average Bonchev–Trinajstić information content (AvgIpc) is 1.88. The highest BCUT2D eigenvalue weighted by Crippen LogP contribution is 2.06. The number of hydrazine groups is 1. The molecular weight excluding hydrogens is 148 g/mol. The van der Waals surface area contributed by atoms with E-state index in [0.29, 0.717) is 0 Å². The molecule has 0 bridgehead atoms. The second kappa shape index (κ2) is 4.14. The highest BCUT2D eigenvalue weighted by atomic mass is 35.5. The van der Waals surface area contributed by atoms with E-state index in [4.69, 9.17) is 5.84 Å². The molecule has 0 aliphatic rings. The first-order chi connectivity index (χ1) is 4.33. The molecule has 2 nitrogen and oxygen atoms in total. The van der Waals surface area contributed by atoms with Gasteiger partial charge in [0.25, 0.3) is 0 Å².